The lowest BCUT2D eigenvalue weighted by Crippen LogP contribution is -2.41. The summed E-state index contributed by atoms with van der Waals surface area (Å²) in [5.41, 5.74) is 9.57. The average Bonchev–Trinajstić information content (AvgIpc) is 2.20. The van der Waals surface area contributed by atoms with Crippen molar-refractivity contribution in [3.63, 3.8) is 0 Å². The van der Waals surface area contributed by atoms with Gasteiger partial charge in [-0.05, 0) is 44.2 Å². The highest BCUT2D eigenvalue weighted by atomic mass is 15.2. The highest BCUT2D eigenvalue weighted by Gasteiger charge is 2.25. The quantitative estimate of drug-likeness (QED) is 0.733. The Morgan fingerprint density at radius 3 is 2.69 bits per heavy atom. The van der Waals surface area contributed by atoms with Crippen molar-refractivity contribution in [2.45, 2.75) is 39.7 Å². The van der Waals surface area contributed by atoms with Gasteiger partial charge in [0.05, 0.1) is 11.4 Å². The largest absolute Gasteiger partial charge is 0.397 e. The van der Waals surface area contributed by atoms with Crippen LogP contribution in [0.4, 0.5) is 11.4 Å². The summed E-state index contributed by atoms with van der Waals surface area (Å²) in [6.45, 7) is 7.93. The molecular formula is C14H22N2. The minimum Gasteiger partial charge on any atom is -0.397 e. The molecule has 1 aromatic carbocycles. The van der Waals surface area contributed by atoms with Crippen molar-refractivity contribution in [1.82, 2.24) is 0 Å². The number of nitrogens with zero attached hydrogens (tertiary/aromatic N) is 1. The molecule has 1 aliphatic heterocycles. The first-order valence-electron chi connectivity index (χ1n) is 6.21. The third-order valence-electron chi connectivity index (χ3n) is 3.69. The van der Waals surface area contributed by atoms with Gasteiger partial charge in [0.2, 0.25) is 0 Å². The van der Waals surface area contributed by atoms with E-state index < -0.39 is 0 Å². The molecule has 16 heavy (non-hydrogen) atoms. The van der Waals surface area contributed by atoms with Crippen LogP contribution >= 0.6 is 0 Å². The first kappa shape index (κ1) is 11.3. The molecule has 1 aromatic rings. The zero-order valence-corrected chi connectivity index (χ0v) is 10.5. The van der Waals surface area contributed by atoms with Crippen molar-refractivity contribution in [3.8, 4) is 0 Å². The lowest BCUT2D eigenvalue weighted by Gasteiger charge is -2.39. The fraction of sp³-hybridized carbons (Fsp3) is 0.571. The maximum absolute atomic E-state index is 6.11. The molecule has 0 radical (unpaired) electrons. The van der Waals surface area contributed by atoms with Gasteiger partial charge in [0.1, 0.15) is 0 Å². The average molecular weight is 218 g/mol. The van der Waals surface area contributed by atoms with Crippen molar-refractivity contribution in [2.75, 3.05) is 17.2 Å². The van der Waals surface area contributed by atoms with E-state index in [0.29, 0.717) is 6.04 Å². The minimum atomic E-state index is 0.604. The second-order valence-electron chi connectivity index (χ2n) is 5.18. The van der Waals surface area contributed by atoms with Gasteiger partial charge in [0, 0.05) is 12.6 Å². The van der Waals surface area contributed by atoms with E-state index >= 15 is 0 Å². The Balaban J connectivity index is 2.30. The Labute approximate surface area is 98.4 Å². The number of nitrogen functional groups attached to an aromatic ring is 1. The molecule has 1 saturated heterocycles. The van der Waals surface area contributed by atoms with E-state index in [1.807, 2.05) is 12.1 Å². The van der Waals surface area contributed by atoms with Gasteiger partial charge in [-0.3, -0.25) is 0 Å². The third-order valence-corrected chi connectivity index (χ3v) is 3.69. The molecule has 0 amide bonds. The summed E-state index contributed by atoms with van der Waals surface area (Å²) in [5.74, 6) is 0.844. The molecule has 1 fully saturated rings. The lowest BCUT2D eigenvalue weighted by atomic mass is 9.92. The monoisotopic (exact) mass is 218 g/mol. The number of hydrogen-bond acceptors (Lipinski definition) is 2. The number of rotatable bonds is 1. The molecule has 2 rings (SSSR count). The molecule has 2 nitrogen and oxygen atoms in total. The molecule has 0 aliphatic carbocycles. The summed E-state index contributed by atoms with van der Waals surface area (Å²) in [6, 6.07) is 6.79. The van der Waals surface area contributed by atoms with Gasteiger partial charge < -0.3 is 10.6 Å². The Morgan fingerprint density at radius 1 is 1.31 bits per heavy atom. The lowest BCUT2D eigenvalue weighted by molar-refractivity contribution is 0.378. The molecule has 2 N–H and O–H groups in total. The first-order chi connectivity index (χ1) is 7.59. The number of piperidine rings is 1. The van der Waals surface area contributed by atoms with Gasteiger partial charge in [-0.2, -0.15) is 0 Å². The van der Waals surface area contributed by atoms with Gasteiger partial charge >= 0.3 is 0 Å². The van der Waals surface area contributed by atoms with Crippen LogP contribution in [0.2, 0.25) is 0 Å². The van der Waals surface area contributed by atoms with E-state index in [0.717, 1.165) is 18.2 Å². The number of benzene rings is 1. The zero-order valence-electron chi connectivity index (χ0n) is 10.5. The van der Waals surface area contributed by atoms with Gasteiger partial charge in [-0.1, -0.05) is 19.1 Å². The highest BCUT2D eigenvalue weighted by Crippen LogP contribution is 2.33. The van der Waals surface area contributed by atoms with E-state index in [1.165, 1.54) is 24.1 Å². The maximum Gasteiger partial charge on any atom is 0.0632 e. The van der Waals surface area contributed by atoms with Crippen LogP contribution < -0.4 is 10.6 Å². The van der Waals surface area contributed by atoms with Crippen LogP contribution in [-0.2, 0) is 0 Å². The minimum absolute atomic E-state index is 0.604. The normalized spacial score (nSPS) is 25.8. The van der Waals surface area contributed by atoms with Crippen molar-refractivity contribution < 1.29 is 0 Å². The van der Waals surface area contributed by atoms with E-state index in [9.17, 15) is 0 Å². The van der Waals surface area contributed by atoms with Gasteiger partial charge in [-0.15, -0.1) is 0 Å². The molecule has 0 saturated carbocycles. The van der Waals surface area contributed by atoms with E-state index in [2.05, 4.69) is 31.7 Å². The maximum atomic E-state index is 6.11. The summed E-state index contributed by atoms with van der Waals surface area (Å²) < 4.78 is 0. The van der Waals surface area contributed by atoms with Crippen molar-refractivity contribution in [1.29, 1.82) is 0 Å². The molecule has 88 valence electrons. The molecule has 0 spiro atoms. The van der Waals surface area contributed by atoms with Crippen LogP contribution in [0, 0.1) is 12.8 Å². The van der Waals surface area contributed by atoms with Crippen LogP contribution in [0.1, 0.15) is 32.3 Å². The molecule has 1 aliphatic rings. The standard InChI is InChI=1S/C14H22N2/c1-10-7-8-16(12(3)9-10)14-11(2)5-4-6-13(14)15/h4-6,10,12H,7-9,15H2,1-3H3. The van der Waals surface area contributed by atoms with Crippen molar-refractivity contribution >= 4 is 11.4 Å². The number of hydrogen-bond donors (Lipinski definition) is 1. The SMILES string of the molecule is Cc1cccc(N)c1N1CCC(C)CC1C. The van der Waals surface area contributed by atoms with E-state index in [1.54, 1.807) is 0 Å². The van der Waals surface area contributed by atoms with Gasteiger partial charge in [-0.25, -0.2) is 0 Å². The van der Waals surface area contributed by atoms with E-state index in [-0.39, 0.29) is 0 Å². The second-order valence-corrected chi connectivity index (χ2v) is 5.18. The molecule has 2 unspecified atom stereocenters. The summed E-state index contributed by atoms with van der Waals surface area (Å²) >= 11 is 0. The number of anilines is 2. The highest BCUT2D eigenvalue weighted by molar-refractivity contribution is 5.71. The predicted molar refractivity (Wildman–Crippen MR) is 70.8 cm³/mol. The Morgan fingerprint density at radius 2 is 2.06 bits per heavy atom. The smallest absolute Gasteiger partial charge is 0.0632 e. The predicted octanol–water partition coefficient (Wildman–Crippen LogP) is 3.20. The van der Waals surface area contributed by atoms with Crippen LogP contribution in [0.25, 0.3) is 0 Å². The fourth-order valence-corrected chi connectivity index (χ4v) is 2.81. The van der Waals surface area contributed by atoms with Crippen LogP contribution in [0.15, 0.2) is 18.2 Å². The van der Waals surface area contributed by atoms with Crippen LogP contribution in [0.3, 0.4) is 0 Å². The number of nitrogens with two attached hydrogens (primary N) is 1. The Kier molecular flexibility index (Phi) is 3.08. The van der Waals surface area contributed by atoms with Gasteiger partial charge in [0.25, 0.3) is 0 Å². The van der Waals surface area contributed by atoms with Crippen LogP contribution in [-0.4, -0.2) is 12.6 Å². The number of aryl methyl sites for hydroxylation is 1. The summed E-state index contributed by atoms with van der Waals surface area (Å²) in [6.07, 6.45) is 2.55. The fourth-order valence-electron chi connectivity index (χ4n) is 2.81. The topological polar surface area (TPSA) is 29.3 Å². The summed E-state index contributed by atoms with van der Waals surface area (Å²) in [7, 11) is 0. The molecule has 2 atom stereocenters. The second kappa shape index (κ2) is 4.36. The zero-order chi connectivity index (χ0) is 11.7. The molecular weight excluding hydrogens is 196 g/mol. The van der Waals surface area contributed by atoms with E-state index in [4.69, 9.17) is 5.73 Å². The Bertz CT molecular complexity index is 353. The molecule has 0 bridgehead atoms. The molecule has 0 aromatic heterocycles. The molecule has 1 heterocycles. The Hall–Kier alpha value is -1.18. The van der Waals surface area contributed by atoms with Crippen molar-refractivity contribution in [3.05, 3.63) is 23.8 Å². The van der Waals surface area contributed by atoms with Crippen LogP contribution in [0.5, 0.6) is 0 Å². The summed E-state index contributed by atoms with van der Waals surface area (Å²) in [5, 5.41) is 0. The first-order valence-corrected chi connectivity index (χ1v) is 6.21. The van der Waals surface area contributed by atoms with Gasteiger partial charge in [0.15, 0.2) is 0 Å². The summed E-state index contributed by atoms with van der Waals surface area (Å²) in [4.78, 5) is 2.48. The molecule has 2 heteroatoms. The number of para-hydroxylation sites is 1. The third kappa shape index (κ3) is 2.01. The van der Waals surface area contributed by atoms with Crippen molar-refractivity contribution in [2.24, 2.45) is 5.92 Å².